The Morgan fingerprint density at radius 2 is 1.75 bits per heavy atom. The van der Waals surface area contributed by atoms with E-state index in [1.54, 1.807) is 0 Å². The highest BCUT2D eigenvalue weighted by Crippen LogP contribution is 2.10. The highest BCUT2D eigenvalue weighted by molar-refractivity contribution is 5.85. The fourth-order valence-electron chi connectivity index (χ4n) is 1.94. The van der Waals surface area contributed by atoms with Gasteiger partial charge in [-0.15, -0.1) is 12.4 Å². The molecule has 1 aliphatic rings. The average molecular weight is 243 g/mol. The Kier molecular flexibility index (Phi) is 4.96. The van der Waals surface area contributed by atoms with Crippen molar-refractivity contribution in [1.82, 2.24) is 15.3 Å². The van der Waals surface area contributed by atoms with E-state index in [0.717, 1.165) is 43.3 Å². The van der Waals surface area contributed by atoms with Gasteiger partial charge in [0.1, 0.15) is 0 Å². The zero-order valence-corrected chi connectivity index (χ0v) is 10.6. The Balaban J connectivity index is 0.00000128. The molecule has 0 spiro atoms. The third-order valence-electron chi connectivity index (χ3n) is 2.65. The van der Waals surface area contributed by atoms with Gasteiger partial charge in [0.2, 0.25) is 5.95 Å². The van der Waals surface area contributed by atoms with Crippen LogP contribution in [0.5, 0.6) is 0 Å². The van der Waals surface area contributed by atoms with Gasteiger partial charge in [0, 0.05) is 17.4 Å². The molecular weight excluding hydrogens is 224 g/mol. The molecule has 1 aliphatic heterocycles. The molecule has 0 aromatic carbocycles. The van der Waals surface area contributed by atoms with Crippen molar-refractivity contribution in [3.63, 3.8) is 0 Å². The van der Waals surface area contributed by atoms with Gasteiger partial charge in [-0.25, -0.2) is 9.97 Å². The van der Waals surface area contributed by atoms with Crippen LogP contribution in [-0.4, -0.2) is 29.1 Å². The summed E-state index contributed by atoms with van der Waals surface area (Å²) in [6.07, 6.45) is 2.30. The lowest BCUT2D eigenvalue weighted by molar-refractivity contribution is 0.477. The summed E-state index contributed by atoms with van der Waals surface area (Å²) in [7, 11) is 0. The molecule has 0 amide bonds. The Bertz CT molecular complexity index is 317. The van der Waals surface area contributed by atoms with E-state index in [4.69, 9.17) is 0 Å². The number of rotatable bonds is 2. The minimum atomic E-state index is 0. The maximum atomic E-state index is 4.39. The van der Waals surface area contributed by atoms with Crippen LogP contribution in [0.2, 0.25) is 0 Å². The molecule has 2 heterocycles. The molecule has 0 bridgehead atoms. The largest absolute Gasteiger partial charge is 0.351 e. The molecule has 0 saturated carbocycles. The molecule has 1 fully saturated rings. The van der Waals surface area contributed by atoms with Crippen LogP contribution in [0.15, 0.2) is 6.07 Å². The molecule has 16 heavy (non-hydrogen) atoms. The highest BCUT2D eigenvalue weighted by atomic mass is 35.5. The first-order valence-corrected chi connectivity index (χ1v) is 5.53. The summed E-state index contributed by atoms with van der Waals surface area (Å²) in [6, 6.07) is 2.51. The van der Waals surface area contributed by atoms with E-state index in [1.807, 2.05) is 19.9 Å². The van der Waals surface area contributed by atoms with Crippen LogP contribution >= 0.6 is 12.4 Å². The molecule has 5 heteroatoms. The predicted octanol–water partition coefficient (Wildman–Crippen LogP) is 1.68. The molecule has 0 radical (unpaired) electrons. The quantitative estimate of drug-likeness (QED) is 0.829. The van der Waals surface area contributed by atoms with E-state index in [1.165, 1.54) is 0 Å². The van der Waals surface area contributed by atoms with Gasteiger partial charge >= 0.3 is 0 Å². The number of piperidine rings is 1. The lowest BCUT2D eigenvalue weighted by atomic mass is 10.1. The van der Waals surface area contributed by atoms with Gasteiger partial charge in [-0.3, -0.25) is 0 Å². The molecule has 0 unspecified atom stereocenters. The monoisotopic (exact) mass is 242 g/mol. The van der Waals surface area contributed by atoms with E-state index in [-0.39, 0.29) is 12.4 Å². The van der Waals surface area contributed by atoms with E-state index < -0.39 is 0 Å². The SMILES string of the molecule is Cc1cc(C)nc(NC2CCNCC2)n1.Cl. The van der Waals surface area contributed by atoms with Crippen molar-refractivity contribution in [2.24, 2.45) is 0 Å². The Morgan fingerprint density at radius 3 is 2.31 bits per heavy atom. The molecule has 2 N–H and O–H groups in total. The summed E-state index contributed by atoms with van der Waals surface area (Å²) >= 11 is 0. The molecule has 1 aromatic heterocycles. The van der Waals surface area contributed by atoms with Crippen molar-refractivity contribution >= 4 is 18.4 Å². The van der Waals surface area contributed by atoms with Crippen LogP contribution in [0.3, 0.4) is 0 Å². The summed E-state index contributed by atoms with van der Waals surface area (Å²) in [5, 5.41) is 6.74. The van der Waals surface area contributed by atoms with Crippen molar-refractivity contribution < 1.29 is 0 Å². The van der Waals surface area contributed by atoms with Gasteiger partial charge < -0.3 is 10.6 Å². The summed E-state index contributed by atoms with van der Waals surface area (Å²) in [6.45, 7) is 6.18. The molecule has 0 atom stereocenters. The van der Waals surface area contributed by atoms with Crippen molar-refractivity contribution in [3.05, 3.63) is 17.5 Å². The first-order chi connectivity index (χ1) is 7.24. The zero-order valence-electron chi connectivity index (χ0n) is 9.79. The van der Waals surface area contributed by atoms with E-state index in [2.05, 4.69) is 20.6 Å². The molecule has 1 saturated heterocycles. The van der Waals surface area contributed by atoms with Crippen molar-refractivity contribution in [3.8, 4) is 0 Å². The first kappa shape index (κ1) is 13.2. The number of hydrogen-bond donors (Lipinski definition) is 2. The van der Waals surface area contributed by atoms with E-state index in [9.17, 15) is 0 Å². The molecule has 0 aliphatic carbocycles. The second kappa shape index (κ2) is 6.01. The Morgan fingerprint density at radius 1 is 1.19 bits per heavy atom. The van der Waals surface area contributed by atoms with Gasteiger partial charge in [-0.05, 0) is 45.8 Å². The van der Waals surface area contributed by atoms with Crippen molar-refractivity contribution in [2.75, 3.05) is 18.4 Å². The number of anilines is 1. The van der Waals surface area contributed by atoms with Crippen molar-refractivity contribution in [1.29, 1.82) is 0 Å². The van der Waals surface area contributed by atoms with E-state index >= 15 is 0 Å². The van der Waals surface area contributed by atoms with Gasteiger partial charge in [0.25, 0.3) is 0 Å². The minimum Gasteiger partial charge on any atom is -0.351 e. The third kappa shape index (κ3) is 3.61. The maximum Gasteiger partial charge on any atom is 0.223 e. The van der Waals surface area contributed by atoms with Gasteiger partial charge in [0.15, 0.2) is 0 Å². The summed E-state index contributed by atoms with van der Waals surface area (Å²) < 4.78 is 0. The van der Waals surface area contributed by atoms with E-state index in [0.29, 0.717) is 6.04 Å². The highest BCUT2D eigenvalue weighted by Gasteiger charge is 2.13. The molecular formula is C11H19ClN4. The topological polar surface area (TPSA) is 49.8 Å². The van der Waals surface area contributed by atoms with Crippen molar-refractivity contribution in [2.45, 2.75) is 32.7 Å². The summed E-state index contributed by atoms with van der Waals surface area (Å²) in [4.78, 5) is 8.77. The second-order valence-corrected chi connectivity index (χ2v) is 4.14. The molecule has 90 valence electrons. The van der Waals surface area contributed by atoms with Gasteiger partial charge in [0.05, 0.1) is 0 Å². The maximum absolute atomic E-state index is 4.39. The smallest absolute Gasteiger partial charge is 0.223 e. The van der Waals surface area contributed by atoms with Crippen LogP contribution in [0, 0.1) is 13.8 Å². The van der Waals surface area contributed by atoms with Gasteiger partial charge in [-0.2, -0.15) is 0 Å². The fraction of sp³-hybridized carbons (Fsp3) is 0.636. The molecule has 2 rings (SSSR count). The number of nitrogens with zero attached hydrogens (tertiary/aromatic N) is 2. The van der Waals surface area contributed by atoms with Crippen LogP contribution in [-0.2, 0) is 0 Å². The average Bonchev–Trinajstić information content (AvgIpc) is 2.17. The molecule has 1 aromatic rings. The summed E-state index contributed by atoms with van der Waals surface area (Å²) in [5.41, 5.74) is 2.05. The first-order valence-electron chi connectivity index (χ1n) is 5.53. The number of nitrogens with one attached hydrogen (secondary N) is 2. The lowest BCUT2D eigenvalue weighted by Gasteiger charge is -2.23. The lowest BCUT2D eigenvalue weighted by Crippen LogP contribution is -2.35. The minimum absolute atomic E-state index is 0. The standard InChI is InChI=1S/C11H18N4.ClH/c1-8-7-9(2)14-11(13-8)15-10-3-5-12-6-4-10;/h7,10,12H,3-6H2,1-2H3,(H,13,14,15);1H. The van der Waals surface area contributed by atoms with Gasteiger partial charge in [-0.1, -0.05) is 0 Å². The normalized spacial score (nSPS) is 16.6. The Hall–Kier alpha value is -0.870. The number of halogens is 1. The summed E-state index contributed by atoms with van der Waals surface area (Å²) in [5.74, 6) is 0.777. The van der Waals surface area contributed by atoms with Crippen LogP contribution in [0.1, 0.15) is 24.2 Å². The predicted molar refractivity (Wildman–Crippen MR) is 68.3 cm³/mol. The Labute approximate surface area is 103 Å². The number of hydrogen-bond acceptors (Lipinski definition) is 4. The fourth-order valence-corrected chi connectivity index (χ4v) is 1.94. The molecule has 4 nitrogen and oxygen atoms in total. The van der Waals surface area contributed by atoms with Crippen LogP contribution in [0.4, 0.5) is 5.95 Å². The number of aromatic nitrogens is 2. The van der Waals surface area contributed by atoms with Crippen LogP contribution in [0.25, 0.3) is 0 Å². The van der Waals surface area contributed by atoms with Crippen LogP contribution < -0.4 is 10.6 Å². The number of aryl methyl sites for hydroxylation is 2. The third-order valence-corrected chi connectivity index (χ3v) is 2.65. The second-order valence-electron chi connectivity index (χ2n) is 4.14. The zero-order chi connectivity index (χ0) is 10.7.